The highest BCUT2D eigenvalue weighted by Gasteiger charge is 2.33. The molecule has 4 rings (SSSR count). The van der Waals surface area contributed by atoms with Crippen LogP contribution in [0.15, 0.2) is 71.6 Å². The van der Waals surface area contributed by atoms with Gasteiger partial charge in [-0.2, -0.15) is 0 Å². The van der Waals surface area contributed by atoms with Gasteiger partial charge in [-0.05, 0) is 53.5 Å². The van der Waals surface area contributed by atoms with Crippen LogP contribution in [0.3, 0.4) is 0 Å². The molecule has 186 valence electrons. The fourth-order valence-corrected chi connectivity index (χ4v) is 5.46. The standard InChI is InChI=1S/C28H25Cl2NO3S2/c1-28(2,3)19-9-11-22(12-10-19)33-13-14-34-25-18(15-20(29)17-23(25)30)16-24-26(32)31(27(35)36-24)21-7-5-4-6-8-21/h4-12,15-17H,13-14H2,1-3H3/b24-16-. The highest BCUT2D eigenvalue weighted by atomic mass is 35.5. The molecule has 0 unspecified atom stereocenters. The molecule has 0 saturated carbocycles. The fraction of sp³-hybridized carbons (Fsp3) is 0.214. The number of para-hydroxylation sites is 1. The number of thioether (sulfide) groups is 1. The number of rotatable bonds is 7. The van der Waals surface area contributed by atoms with Gasteiger partial charge in [-0.3, -0.25) is 9.69 Å². The molecule has 1 aliphatic heterocycles. The zero-order valence-corrected chi connectivity index (χ0v) is 23.2. The molecular formula is C28H25Cl2NO3S2. The number of anilines is 1. The van der Waals surface area contributed by atoms with Crippen LogP contribution in [0.2, 0.25) is 10.0 Å². The maximum Gasteiger partial charge on any atom is 0.270 e. The third-order valence-electron chi connectivity index (χ3n) is 5.45. The van der Waals surface area contributed by atoms with E-state index in [4.69, 9.17) is 44.9 Å². The molecule has 0 N–H and O–H groups in total. The molecule has 1 fully saturated rings. The SMILES string of the molecule is CC(C)(C)c1ccc(OCCOc2c(Cl)cc(Cl)cc2/C=C2\SC(=S)N(c3ccccc3)C2=O)cc1. The summed E-state index contributed by atoms with van der Waals surface area (Å²) < 4.78 is 12.3. The zero-order chi connectivity index (χ0) is 25.9. The molecule has 3 aromatic carbocycles. The molecule has 1 aliphatic rings. The van der Waals surface area contributed by atoms with Crippen molar-refractivity contribution in [2.24, 2.45) is 0 Å². The van der Waals surface area contributed by atoms with Gasteiger partial charge in [-0.15, -0.1) is 0 Å². The Bertz CT molecular complexity index is 1300. The van der Waals surface area contributed by atoms with Crippen LogP contribution < -0.4 is 14.4 Å². The van der Waals surface area contributed by atoms with Gasteiger partial charge in [0.25, 0.3) is 5.91 Å². The summed E-state index contributed by atoms with van der Waals surface area (Å²) in [4.78, 5) is 15.1. The lowest BCUT2D eigenvalue weighted by atomic mass is 9.87. The number of carbonyl (C=O) groups excluding carboxylic acids is 1. The number of amides is 1. The molecule has 0 spiro atoms. The van der Waals surface area contributed by atoms with Crippen LogP contribution >= 0.6 is 47.2 Å². The fourth-order valence-electron chi connectivity index (χ4n) is 3.60. The van der Waals surface area contributed by atoms with Crippen molar-refractivity contribution in [1.82, 2.24) is 0 Å². The first-order valence-electron chi connectivity index (χ1n) is 11.3. The van der Waals surface area contributed by atoms with Crippen molar-refractivity contribution in [2.45, 2.75) is 26.2 Å². The summed E-state index contributed by atoms with van der Waals surface area (Å²) in [6.07, 6.45) is 1.71. The summed E-state index contributed by atoms with van der Waals surface area (Å²) in [6, 6.07) is 20.7. The summed E-state index contributed by atoms with van der Waals surface area (Å²) >= 11 is 19.4. The largest absolute Gasteiger partial charge is 0.490 e. The molecule has 0 radical (unpaired) electrons. The molecule has 0 aromatic heterocycles. The van der Waals surface area contributed by atoms with Gasteiger partial charge < -0.3 is 9.47 Å². The van der Waals surface area contributed by atoms with Crippen molar-refractivity contribution >= 4 is 69.2 Å². The maximum absolute atomic E-state index is 13.1. The van der Waals surface area contributed by atoms with Crippen molar-refractivity contribution in [2.75, 3.05) is 18.1 Å². The van der Waals surface area contributed by atoms with Crippen molar-refractivity contribution in [3.63, 3.8) is 0 Å². The van der Waals surface area contributed by atoms with Crippen molar-refractivity contribution in [1.29, 1.82) is 0 Å². The van der Waals surface area contributed by atoms with E-state index in [0.29, 0.717) is 37.2 Å². The lowest BCUT2D eigenvalue weighted by molar-refractivity contribution is -0.113. The van der Waals surface area contributed by atoms with Gasteiger partial charge in [0.2, 0.25) is 0 Å². The average Bonchev–Trinajstić information content (AvgIpc) is 3.10. The molecule has 1 heterocycles. The first-order valence-corrected chi connectivity index (χ1v) is 13.3. The van der Waals surface area contributed by atoms with Crippen molar-refractivity contribution in [3.8, 4) is 11.5 Å². The monoisotopic (exact) mass is 557 g/mol. The minimum Gasteiger partial charge on any atom is -0.490 e. The van der Waals surface area contributed by atoms with Gasteiger partial charge in [0, 0.05) is 10.6 Å². The van der Waals surface area contributed by atoms with E-state index >= 15 is 0 Å². The Labute approximate surface area is 231 Å². The number of hydrogen-bond acceptors (Lipinski definition) is 5. The summed E-state index contributed by atoms with van der Waals surface area (Å²) in [5.74, 6) is 0.983. The summed E-state index contributed by atoms with van der Waals surface area (Å²) in [7, 11) is 0. The first-order chi connectivity index (χ1) is 17.1. The lowest BCUT2D eigenvalue weighted by Gasteiger charge is -2.19. The van der Waals surface area contributed by atoms with E-state index in [2.05, 4.69) is 32.9 Å². The van der Waals surface area contributed by atoms with Crippen LogP contribution in [0.5, 0.6) is 11.5 Å². The molecule has 1 amide bonds. The van der Waals surface area contributed by atoms with E-state index in [0.717, 1.165) is 11.4 Å². The maximum atomic E-state index is 13.1. The first kappa shape index (κ1) is 26.6. The normalized spacial score (nSPS) is 15.0. The Kier molecular flexibility index (Phi) is 8.30. The lowest BCUT2D eigenvalue weighted by Crippen LogP contribution is -2.27. The quantitative estimate of drug-likeness (QED) is 0.166. The van der Waals surface area contributed by atoms with E-state index < -0.39 is 0 Å². The van der Waals surface area contributed by atoms with E-state index in [-0.39, 0.29) is 17.9 Å². The van der Waals surface area contributed by atoms with E-state index in [1.165, 1.54) is 22.2 Å². The average molecular weight is 559 g/mol. The number of ether oxygens (including phenoxy) is 2. The Morgan fingerprint density at radius 1 is 0.972 bits per heavy atom. The van der Waals surface area contributed by atoms with Crippen LogP contribution in [-0.4, -0.2) is 23.4 Å². The molecule has 0 aliphatic carbocycles. The van der Waals surface area contributed by atoms with Gasteiger partial charge in [0.05, 0.1) is 15.6 Å². The van der Waals surface area contributed by atoms with E-state index in [9.17, 15) is 4.79 Å². The number of benzene rings is 3. The minimum atomic E-state index is -0.208. The van der Waals surface area contributed by atoms with Gasteiger partial charge in [-0.1, -0.05) is 98.3 Å². The van der Waals surface area contributed by atoms with Crippen LogP contribution in [0.25, 0.3) is 6.08 Å². The van der Waals surface area contributed by atoms with Gasteiger partial charge >= 0.3 is 0 Å². The summed E-state index contributed by atoms with van der Waals surface area (Å²) in [5.41, 5.74) is 2.63. The summed E-state index contributed by atoms with van der Waals surface area (Å²) in [5, 5.41) is 0.786. The third kappa shape index (κ3) is 6.24. The highest BCUT2D eigenvalue weighted by Crippen LogP contribution is 2.39. The van der Waals surface area contributed by atoms with Gasteiger partial charge in [0.1, 0.15) is 24.7 Å². The molecule has 0 bridgehead atoms. The van der Waals surface area contributed by atoms with Crippen LogP contribution in [0.4, 0.5) is 5.69 Å². The molecule has 0 atom stereocenters. The highest BCUT2D eigenvalue weighted by molar-refractivity contribution is 8.27. The molecule has 4 nitrogen and oxygen atoms in total. The number of hydrogen-bond donors (Lipinski definition) is 0. The predicted octanol–water partition coefficient (Wildman–Crippen LogP) is 8.15. The third-order valence-corrected chi connectivity index (χ3v) is 7.25. The second kappa shape index (κ2) is 11.3. The van der Waals surface area contributed by atoms with Crippen LogP contribution in [0.1, 0.15) is 31.9 Å². The molecular weight excluding hydrogens is 533 g/mol. The number of carbonyl (C=O) groups is 1. The smallest absolute Gasteiger partial charge is 0.270 e. The Balaban J connectivity index is 1.47. The van der Waals surface area contributed by atoms with Crippen molar-refractivity contribution < 1.29 is 14.3 Å². The molecule has 3 aromatic rings. The second-order valence-corrected chi connectivity index (χ2v) is 11.6. The number of thiocarbonyl (C=S) groups is 1. The van der Waals surface area contributed by atoms with E-state index in [1.807, 2.05) is 42.5 Å². The Hall–Kier alpha value is -2.51. The summed E-state index contributed by atoms with van der Waals surface area (Å²) in [6.45, 7) is 7.09. The Morgan fingerprint density at radius 3 is 2.31 bits per heavy atom. The van der Waals surface area contributed by atoms with E-state index in [1.54, 1.807) is 18.2 Å². The Morgan fingerprint density at radius 2 is 1.64 bits per heavy atom. The number of halogens is 2. The van der Waals surface area contributed by atoms with Crippen molar-refractivity contribution in [3.05, 3.63) is 92.8 Å². The predicted molar refractivity (Wildman–Crippen MR) is 155 cm³/mol. The number of nitrogens with zero attached hydrogens (tertiary/aromatic N) is 1. The second-order valence-electron chi connectivity index (χ2n) is 9.13. The zero-order valence-electron chi connectivity index (χ0n) is 20.1. The van der Waals surface area contributed by atoms with Gasteiger partial charge in [0.15, 0.2) is 4.32 Å². The van der Waals surface area contributed by atoms with Gasteiger partial charge in [-0.25, -0.2) is 0 Å². The topological polar surface area (TPSA) is 38.8 Å². The van der Waals surface area contributed by atoms with Crippen LogP contribution in [-0.2, 0) is 10.2 Å². The minimum absolute atomic E-state index is 0.0821. The molecule has 8 heteroatoms. The molecule has 36 heavy (non-hydrogen) atoms. The van der Waals surface area contributed by atoms with Crippen LogP contribution in [0, 0.1) is 0 Å². The molecule has 1 saturated heterocycles.